The van der Waals surface area contributed by atoms with Gasteiger partial charge in [0.2, 0.25) is 0 Å². The Kier molecular flexibility index (Phi) is 9.88. The van der Waals surface area contributed by atoms with E-state index in [-0.39, 0.29) is 30.3 Å². The van der Waals surface area contributed by atoms with Crippen LogP contribution in [0, 0.1) is 17.3 Å². The lowest BCUT2D eigenvalue weighted by Crippen LogP contribution is -2.45. The number of rotatable bonds is 4. The summed E-state index contributed by atoms with van der Waals surface area (Å²) in [5.41, 5.74) is 0.533. The number of esters is 1. The van der Waals surface area contributed by atoms with E-state index in [1.54, 1.807) is 32.1 Å². The molecular weight excluding hydrogens is 478 g/mol. The lowest BCUT2D eigenvalue weighted by molar-refractivity contribution is -0.154. The third-order valence-corrected chi connectivity index (χ3v) is 8.74. The first-order chi connectivity index (χ1) is 16.9. The van der Waals surface area contributed by atoms with Gasteiger partial charge in [-0.25, -0.2) is 4.98 Å². The summed E-state index contributed by atoms with van der Waals surface area (Å²) in [6, 6.07) is 0. The Bertz CT molecular complexity index is 940. The molecule has 0 aliphatic carbocycles. The maximum atomic E-state index is 13.2. The van der Waals surface area contributed by atoms with Crippen LogP contribution in [0.2, 0.25) is 0 Å². The Morgan fingerprint density at radius 1 is 1.22 bits per heavy atom. The summed E-state index contributed by atoms with van der Waals surface area (Å²) in [7, 11) is 0. The van der Waals surface area contributed by atoms with Gasteiger partial charge in [-0.15, -0.1) is 11.3 Å². The third-order valence-electron chi connectivity index (χ3n) is 7.81. The van der Waals surface area contributed by atoms with E-state index in [9.17, 15) is 19.8 Å². The summed E-state index contributed by atoms with van der Waals surface area (Å²) in [6.45, 7) is 11.0. The predicted molar refractivity (Wildman–Crippen MR) is 141 cm³/mol. The molecule has 0 unspecified atom stereocenters. The Labute approximate surface area is 219 Å². The van der Waals surface area contributed by atoms with Gasteiger partial charge in [-0.1, -0.05) is 41.0 Å². The SMILES string of the molecule is CCCc1nc(/C=C(\C)[C@@H]2C[C@@H]3O[C@@H]3CCC[C@H](C)[C@H](O)[C@@H](C)C(=O)C(C)(C)[C@@H](O)CC(=O)O2)cs1. The van der Waals surface area contributed by atoms with E-state index >= 15 is 0 Å². The molecule has 0 bridgehead atoms. The van der Waals surface area contributed by atoms with Crippen molar-refractivity contribution in [3.8, 4) is 0 Å². The number of hydrogen-bond acceptors (Lipinski definition) is 8. The first-order valence-electron chi connectivity index (χ1n) is 13.3. The van der Waals surface area contributed by atoms with E-state index in [4.69, 9.17) is 9.47 Å². The van der Waals surface area contributed by atoms with Crippen LogP contribution >= 0.6 is 11.3 Å². The van der Waals surface area contributed by atoms with Crippen LogP contribution in [-0.2, 0) is 25.5 Å². The number of aryl methyl sites for hydroxylation is 1. The van der Waals surface area contributed by atoms with E-state index in [2.05, 4.69) is 11.9 Å². The predicted octanol–water partition coefficient (Wildman–Crippen LogP) is 4.73. The van der Waals surface area contributed by atoms with Gasteiger partial charge in [0.05, 0.1) is 47.0 Å². The highest BCUT2D eigenvalue weighted by molar-refractivity contribution is 7.09. The topological polar surface area (TPSA) is 109 Å². The fraction of sp³-hybridized carbons (Fsp3) is 0.750. The summed E-state index contributed by atoms with van der Waals surface area (Å²) in [5, 5.41) is 24.8. The maximum absolute atomic E-state index is 13.2. The molecule has 0 amide bonds. The highest BCUT2D eigenvalue weighted by Gasteiger charge is 2.44. The fourth-order valence-electron chi connectivity index (χ4n) is 5.06. The number of carbonyl (C=O) groups excluding carboxylic acids is 2. The van der Waals surface area contributed by atoms with Crippen molar-refractivity contribution in [3.63, 3.8) is 0 Å². The molecule has 2 N–H and O–H groups in total. The van der Waals surface area contributed by atoms with Gasteiger partial charge in [0, 0.05) is 17.7 Å². The van der Waals surface area contributed by atoms with Crippen LogP contribution in [0.15, 0.2) is 11.0 Å². The number of fused-ring (bicyclic) bond motifs is 1. The van der Waals surface area contributed by atoms with Crippen LogP contribution in [-0.4, -0.2) is 57.5 Å². The van der Waals surface area contributed by atoms with Crippen LogP contribution in [0.3, 0.4) is 0 Å². The zero-order valence-corrected chi connectivity index (χ0v) is 23.3. The standard InChI is InChI=1S/C28H43NO6S/c1-7-9-24-29-19(15-36-24)12-17(3)21-13-22-20(34-22)11-8-10-16(2)26(32)18(4)27(33)28(5,6)23(30)14-25(31)35-21/h12,15-16,18,20-23,26,30,32H,7-11,13-14H2,1-6H3/b17-12+/t16-,18+,20+,21-,22-,23-,26-/m0/s1. The van der Waals surface area contributed by atoms with Crippen LogP contribution in [0.5, 0.6) is 0 Å². The summed E-state index contributed by atoms with van der Waals surface area (Å²) in [4.78, 5) is 30.8. The monoisotopic (exact) mass is 521 g/mol. The number of aliphatic hydroxyl groups excluding tert-OH is 2. The largest absolute Gasteiger partial charge is 0.458 e. The van der Waals surface area contributed by atoms with E-state index in [0.717, 1.165) is 48.4 Å². The molecule has 0 saturated carbocycles. The summed E-state index contributed by atoms with van der Waals surface area (Å²) < 4.78 is 11.8. The number of carbonyl (C=O) groups is 2. The fourth-order valence-corrected chi connectivity index (χ4v) is 5.91. The zero-order valence-electron chi connectivity index (χ0n) is 22.5. The van der Waals surface area contributed by atoms with Crippen molar-refractivity contribution in [1.29, 1.82) is 0 Å². The van der Waals surface area contributed by atoms with E-state index in [0.29, 0.717) is 6.42 Å². The second-order valence-corrected chi connectivity index (χ2v) is 12.2. The van der Waals surface area contributed by atoms with Crippen molar-refractivity contribution in [2.45, 2.75) is 117 Å². The zero-order chi connectivity index (χ0) is 26.6. The Balaban J connectivity index is 1.80. The number of aliphatic hydroxyl groups is 2. The molecule has 2 aliphatic heterocycles. The molecule has 1 aromatic heterocycles. The summed E-state index contributed by atoms with van der Waals surface area (Å²) in [6.07, 6.45) is 4.29. The normalized spacial score (nSPS) is 34.7. The number of ether oxygens (including phenoxy) is 2. The molecule has 3 heterocycles. The first kappa shape index (κ1) is 29.0. The molecule has 2 saturated heterocycles. The third kappa shape index (κ3) is 7.24. The van der Waals surface area contributed by atoms with Gasteiger partial charge in [-0.05, 0) is 50.2 Å². The lowest BCUT2D eigenvalue weighted by atomic mass is 9.73. The molecule has 36 heavy (non-hydrogen) atoms. The van der Waals surface area contributed by atoms with Crippen LogP contribution in [0.4, 0.5) is 0 Å². The van der Waals surface area contributed by atoms with Crippen molar-refractivity contribution in [1.82, 2.24) is 4.98 Å². The number of hydrogen-bond donors (Lipinski definition) is 2. The smallest absolute Gasteiger partial charge is 0.309 e. The average molecular weight is 522 g/mol. The van der Waals surface area contributed by atoms with Gasteiger partial charge in [0.25, 0.3) is 0 Å². The van der Waals surface area contributed by atoms with Gasteiger partial charge in [0.15, 0.2) is 0 Å². The number of Topliss-reactive ketones (excluding diaryl/α,β-unsaturated/α-hetero) is 1. The van der Waals surface area contributed by atoms with Crippen LogP contribution in [0.1, 0.15) is 90.8 Å². The van der Waals surface area contributed by atoms with Crippen molar-refractivity contribution >= 4 is 29.2 Å². The highest BCUT2D eigenvalue weighted by atomic mass is 32.1. The van der Waals surface area contributed by atoms with Gasteiger partial charge in [-0.2, -0.15) is 0 Å². The summed E-state index contributed by atoms with van der Waals surface area (Å²) in [5.74, 6) is -1.51. The van der Waals surface area contributed by atoms with E-state index < -0.39 is 35.6 Å². The molecule has 0 radical (unpaired) electrons. The van der Waals surface area contributed by atoms with Crippen molar-refractivity contribution in [2.24, 2.45) is 17.3 Å². The number of cyclic esters (lactones) is 1. The Morgan fingerprint density at radius 3 is 2.64 bits per heavy atom. The molecular formula is C28H43NO6S. The molecule has 8 heteroatoms. The second kappa shape index (κ2) is 12.3. The minimum absolute atomic E-state index is 0.00670. The molecule has 2 fully saturated rings. The summed E-state index contributed by atoms with van der Waals surface area (Å²) >= 11 is 1.63. The molecule has 0 aromatic carbocycles. The highest BCUT2D eigenvalue weighted by Crippen LogP contribution is 2.36. The molecule has 2 aliphatic rings. The number of epoxide rings is 1. The lowest BCUT2D eigenvalue weighted by Gasteiger charge is -2.34. The molecule has 7 nitrogen and oxygen atoms in total. The van der Waals surface area contributed by atoms with Crippen molar-refractivity contribution in [3.05, 3.63) is 21.7 Å². The Morgan fingerprint density at radius 2 is 1.94 bits per heavy atom. The molecule has 0 spiro atoms. The molecule has 7 atom stereocenters. The van der Waals surface area contributed by atoms with E-state index in [1.807, 2.05) is 25.3 Å². The minimum atomic E-state index is -1.22. The van der Waals surface area contributed by atoms with Crippen LogP contribution in [0.25, 0.3) is 6.08 Å². The van der Waals surface area contributed by atoms with Gasteiger partial charge in [0.1, 0.15) is 11.9 Å². The molecule has 3 rings (SSSR count). The van der Waals surface area contributed by atoms with Gasteiger partial charge in [-0.3, -0.25) is 9.59 Å². The van der Waals surface area contributed by atoms with Crippen LogP contribution < -0.4 is 0 Å². The number of nitrogens with zero attached hydrogens (tertiary/aromatic N) is 1. The quantitative estimate of drug-likeness (QED) is 0.435. The Hall–Kier alpha value is -1.61. The van der Waals surface area contributed by atoms with Crippen molar-refractivity contribution < 1.29 is 29.3 Å². The van der Waals surface area contributed by atoms with Crippen molar-refractivity contribution in [2.75, 3.05) is 0 Å². The van der Waals surface area contributed by atoms with Gasteiger partial charge >= 0.3 is 5.97 Å². The number of aromatic nitrogens is 1. The average Bonchev–Trinajstić information content (AvgIpc) is 3.41. The molecule has 202 valence electrons. The minimum Gasteiger partial charge on any atom is -0.458 e. The van der Waals surface area contributed by atoms with E-state index in [1.165, 1.54) is 0 Å². The number of ketones is 1. The maximum Gasteiger partial charge on any atom is 0.309 e. The van der Waals surface area contributed by atoms with Gasteiger partial charge < -0.3 is 19.7 Å². The number of thiazole rings is 1. The molecule has 1 aromatic rings. The first-order valence-corrected chi connectivity index (χ1v) is 14.2. The second-order valence-electron chi connectivity index (χ2n) is 11.2.